The molecule has 0 aromatic carbocycles. The first-order valence-corrected chi connectivity index (χ1v) is 2.92. The van der Waals surface area contributed by atoms with Crippen LogP contribution in [0.4, 0.5) is 0 Å². The van der Waals surface area contributed by atoms with E-state index in [1.54, 1.807) is 12.3 Å². The quantitative estimate of drug-likeness (QED) is 0.535. The summed E-state index contributed by atoms with van der Waals surface area (Å²) in [5.74, 6) is 0. The van der Waals surface area contributed by atoms with E-state index in [4.69, 9.17) is 23.4 Å². The molecular weight excluding hydrogens is 145 g/mol. The average molecular weight is 150 g/mol. The highest BCUT2D eigenvalue weighted by Crippen LogP contribution is 2.13. The molecule has 1 rings (SSSR count). The van der Waals surface area contributed by atoms with Crippen molar-refractivity contribution in [3.05, 3.63) is 23.0 Å². The molecule has 1 aromatic heterocycles. The van der Waals surface area contributed by atoms with Crippen LogP contribution in [0.3, 0.4) is 0 Å². The van der Waals surface area contributed by atoms with Crippen LogP contribution >= 0.6 is 23.4 Å². The van der Waals surface area contributed by atoms with Crippen LogP contribution in [0.25, 0.3) is 0 Å². The van der Waals surface area contributed by atoms with Crippen LogP contribution in [0.5, 0.6) is 0 Å². The predicted molar refractivity (Wildman–Crippen MR) is 35.4 cm³/mol. The second kappa shape index (κ2) is 2.00. The van der Waals surface area contributed by atoms with Crippen molar-refractivity contribution in [3.8, 4) is 0 Å². The van der Waals surface area contributed by atoms with Gasteiger partial charge in [0.05, 0.1) is 0 Å². The smallest absolute Gasteiger partial charge is 0.124 e. The van der Waals surface area contributed by atoms with Crippen LogP contribution in [0, 0.1) is 6.92 Å². The van der Waals surface area contributed by atoms with Crippen molar-refractivity contribution in [2.45, 2.75) is 6.92 Å². The Bertz CT molecular complexity index is 173. The minimum Gasteiger partial charge on any atom is -0.250 e. The Balaban J connectivity index is 3.14. The molecule has 0 N–H and O–H groups in total. The zero-order valence-electron chi connectivity index (χ0n) is 4.36. The molecule has 1 aromatic rings. The topological polar surface area (TPSA) is 4.93 Å². The molecule has 0 aliphatic heterocycles. The van der Waals surface area contributed by atoms with E-state index in [-0.39, 0.29) is 0 Å². The molecule has 0 unspecified atom stereocenters. The van der Waals surface area contributed by atoms with Gasteiger partial charge in [-0.15, -0.1) is 0 Å². The third-order valence-electron chi connectivity index (χ3n) is 0.868. The number of hydrogen-bond acceptors (Lipinski definition) is 0. The fraction of sp³-hybridized carbons (Fsp3) is 0.200. The maximum absolute atomic E-state index is 5.56. The summed E-state index contributed by atoms with van der Waals surface area (Å²) >= 11 is 11.1. The van der Waals surface area contributed by atoms with E-state index < -0.39 is 0 Å². The first-order chi connectivity index (χ1) is 3.70. The third-order valence-corrected chi connectivity index (χ3v) is 1.53. The first kappa shape index (κ1) is 5.99. The van der Waals surface area contributed by atoms with Gasteiger partial charge in [-0.25, -0.2) is 4.09 Å². The highest BCUT2D eigenvalue weighted by molar-refractivity contribution is 6.33. The molecule has 0 atom stereocenters. The van der Waals surface area contributed by atoms with E-state index in [0.29, 0.717) is 5.15 Å². The van der Waals surface area contributed by atoms with Gasteiger partial charge in [-0.05, 0) is 18.6 Å². The molecule has 44 valence electrons. The van der Waals surface area contributed by atoms with Crippen molar-refractivity contribution in [2.75, 3.05) is 0 Å². The number of nitrogens with zero attached hydrogens (tertiary/aromatic N) is 1. The van der Waals surface area contributed by atoms with Gasteiger partial charge in [0.25, 0.3) is 0 Å². The summed E-state index contributed by atoms with van der Waals surface area (Å²) in [4.78, 5) is 0. The minimum atomic E-state index is 0.559. The molecule has 0 saturated heterocycles. The van der Waals surface area contributed by atoms with Gasteiger partial charge in [0, 0.05) is 18.0 Å². The summed E-state index contributed by atoms with van der Waals surface area (Å²) in [5, 5.41) is 0.559. The highest BCUT2D eigenvalue weighted by atomic mass is 35.5. The Morgan fingerprint density at radius 1 is 1.62 bits per heavy atom. The van der Waals surface area contributed by atoms with Gasteiger partial charge in [0.1, 0.15) is 5.15 Å². The van der Waals surface area contributed by atoms with Crippen molar-refractivity contribution >= 4 is 23.4 Å². The van der Waals surface area contributed by atoms with E-state index in [1.165, 1.54) is 4.09 Å². The summed E-state index contributed by atoms with van der Waals surface area (Å²) in [5.41, 5.74) is 1.07. The fourth-order valence-corrected chi connectivity index (χ4v) is 0.951. The monoisotopic (exact) mass is 149 g/mol. The second-order valence-corrected chi connectivity index (χ2v) is 2.40. The Labute approximate surface area is 57.9 Å². The molecule has 0 fully saturated rings. The number of halogens is 2. The summed E-state index contributed by atoms with van der Waals surface area (Å²) < 4.78 is 1.36. The lowest BCUT2D eigenvalue weighted by atomic mass is 10.4. The number of aromatic nitrogens is 1. The largest absolute Gasteiger partial charge is 0.250 e. The maximum atomic E-state index is 5.56. The highest BCUT2D eigenvalue weighted by Gasteiger charge is 1.94. The van der Waals surface area contributed by atoms with Crippen molar-refractivity contribution in [3.63, 3.8) is 0 Å². The zero-order chi connectivity index (χ0) is 6.15. The number of rotatable bonds is 0. The van der Waals surface area contributed by atoms with Crippen LogP contribution in [0.2, 0.25) is 5.15 Å². The third kappa shape index (κ3) is 0.984. The van der Waals surface area contributed by atoms with Crippen LogP contribution < -0.4 is 0 Å². The Morgan fingerprint density at radius 3 is 2.38 bits per heavy atom. The predicted octanol–water partition coefficient (Wildman–Crippen LogP) is 2.45. The molecule has 0 amide bonds. The SMILES string of the molecule is Cc1cc(Cl)n(Cl)c1. The van der Waals surface area contributed by atoms with Crippen molar-refractivity contribution in [1.29, 1.82) is 0 Å². The average Bonchev–Trinajstić information content (AvgIpc) is 1.85. The van der Waals surface area contributed by atoms with Crippen molar-refractivity contribution in [2.24, 2.45) is 0 Å². The molecule has 0 spiro atoms. The minimum absolute atomic E-state index is 0.559. The van der Waals surface area contributed by atoms with Gasteiger partial charge in [0.2, 0.25) is 0 Å². The van der Waals surface area contributed by atoms with E-state index in [1.807, 2.05) is 6.92 Å². The van der Waals surface area contributed by atoms with Crippen LogP contribution in [0.15, 0.2) is 12.3 Å². The van der Waals surface area contributed by atoms with Crippen molar-refractivity contribution in [1.82, 2.24) is 4.09 Å². The fourth-order valence-electron chi connectivity index (χ4n) is 0.527. The van der Waals surface area contributed by atoms with Crippen LogP contribution in [-0.2, 0) is 0 Å². The van der Waals surface area contributed by atoms with E-state index in [9.17, 15) is 0 Å². The molecule has 1 nitrogen and oxygen atoms in total. The number of hydrogen-bond donors (Lipinski definition) is 0. The van der Waals surface area contributed by atoms with Crippen molar-refractivity contribution < 1.29 is 0 Å². The lowest BCUT2D eigenvalue weighted by molar-refractivity contribution is 1.25. The zero-order valence-corrected chi connectivity index (χ0v) is 5.87. The molecule has 1 heterocycles. The van der Waals surface area contributed by atoms with Crippen LogP contribution in [-0.4, -0.2) is 4.09 Å². The summed E-state index contributed by atoms with van der Waals surface area (Å²) in [6, 6.07) is 1.80. The van der Waals surface area contributed by atoms with Gasteiger partial charge < -0.3 is 0 Å². The molecule has 0 radical (unpaired) electrons. The van der Waals surface area contributed by atoms with E-state index in [0.717, 1.165) is 5.56 Å². The first-order valence-electron chi connectivity index (χ1n) is 2.21. The summed E-state index contributed by atoms with van der Waals surface area (Å²) in [7, 11) is 0. The molecule has 0 bridgehead atoms. The lowest BCUT2D eigenvalue weighted by Crippen LogP contribution is -1.70. The molecule has 0 aliphatic carbocycles. The Hall–Kier alpha value is -0.140. The van der Waals surface area contributed by atoms with Gasteiger partial charge in [-0.2, -0.15) is 0 Å². The van der Waals surface area contributed by atoms with Gasteiger partial charge in [-0.1, -0.05) is 11.6 Å². The van der Waals surface area contributed by atoms with Gasteiger partial charge in [-0.3, -0.25) is 0 Å². The van der Waals surface area contributed by atoms with Crippen LogP contribution in [0.1, 0.15) is 5.56 Å². The lowest BCUT2D eigenvalue weighted by Gasteiger charge is -1.82. The molecule has 3 heteroatoms. The van der Waals surface area contributed by atoms with E-state index >= 15 is 0 Å². The molecule has 8 heavy (non-hydrogen) atoms. The molecule has 0 saturated carbocycles. The summed E-state index contributed by atoms with van der Waals surface area (Å²) in [6.07, 6.45) is 1.75. The van der Waals surface area contributed by atoms with Gasteiger partial charge >= 0.3 is 0 Å². The molecule has 0 aliphatic rings. The van der Waals surface area contributed by atoms with Gasteiger partial charge in [0.15, 0.2) is 0 Å². The maximum Gasteiger partial charge on any atom is 0.124 e. The molecular formula is C5H5Cl2N. The standard InChI is InChI=1S/C5H5Cl2N/c1-4-2-5(6)8(7)3-4/h2-3H,1H3. The Morgan fingerprint density at radius 2 is 2.25 bits per heavy atom. The van der Waals surface area contributed by atoms with E-state index in [2.05, 4.69) is 0 Å². The normalized spacial score (nSPS) is 9.88. The second-order valence-electron chi connectivity index (χ2n) is 1.65. The Kier molecular flexibility index (Phi) is 1.49. The summed E-state index contributed by atoms with van der Waals surface area (Å²) in [6.45, 7) is 1.94. The number of aryl methyl sites for hydroxylation is 1.